The summed E-state index contributed by atoms with van der Waals surface area (Å²) in [7, 11) is -2.14. The SMILES string of the molecule is Cc1cc(CCNS(=O)(=O)N(C)[C@H](C)CC#N)cc(C)c1O. The zero-order valence-electron chi connectivity index (χ0n) is 13.4. The van der Waals surface area contributed by atoms with E-state index >= 15 is 0 Å². The monoisotopic (exact) mass is 325 g/mol. The number of nitrogens with zero attached hydrogens (tertiary/aromatic N) is 2. The van der Waals surface area contributed by atoms with Gasteiger partial charge >= 0.3 is 0 Å². The molecule has 7 heteroatoms. The molecule has 0 saturated heterocycles. The van der Waals surface area contributed by atoms with Crippen molar-refractivity contribution in [3.05, 3.63) is 28.8 Å². The molecule has 2 N–H and O–H groups in total. The summed E-state index contributed by atoms with van der Waals surface area (Å²) in [6.45, 7) is 5.57. The van der Waals surface area contributed by atoms with Gasteiger partial charge in [0, 0.05) is 19.6 Å². The van der Waals surface area contributed by atoms with E-state index in [-0.39, 0.29) is 24.8 Å². The first-order valence-corrected chi connectivity index (χ1v) is 8.51. The minimum Gasteiger partial charge on any atom is -0.507 e. The van der Waals surface area contributed by atoms with Crippen molar-refractivity contribution < 1.29 is 13.5 Å². The third-order valence-electron chi connectivity index (χ3n) is 3.64. The Balaban J connectivity index is 2.65. The van der Waals surface area contributed by atoms with Gasteiger partial charge in [-0.15, -0.1) is 0 Å². The zero-order chi connectivity index (χ0) is 16.9. The molecule has 0 aromatic heterocycles. The number of phenolic OH excluding ortho intramolecular Hbond substituents is 1. The Morgan fingerprint density at radius 2 is 1.91 bits per heavy atom. The van der Waals surface area contributed by atoms with E-state index in [9.17, 15) is 13.5 Å². The van der Waals surface area contributed by atoms with Gasteiger partial charge in [0.2, 0.25) is 0 Å². The molecule has 1 atom stereocenters. The van der Waals surface area contributed by atoms with E-state index in [2.05, 4.69) is 4.72 Å². The van der Waals surface area contributed by atoms with E-state index in [1.54, 1.807) is 6.92 Å². The fraction of sp³-hybridized carbons (Fsp3) is 0.533. The number of phenols is 1. The van der Waals surface area contributed by atoms with E-state index in [1.165, 1.54) is 11.4 Å². The van der Waals surface area contributed by atoms with Gasteiger partial charge in [-0.25, -0.2) is 4.72 Å². The van der Waals surface area contributed by atoms with E-state index in [0.29, 0.717) is 6.42 Å². The number of aromatic hydroxyl groups is 1. The third kappa shape index (κ3) is 4.70. The lowest BCUT2D eigenvalue weighted by atomic mass is 10.0. The Labute approximate surface area is 132 Å². The zero-order valence-corrected chi connectivity index (χ0v) is 14.2. The normalized spacial score (nSPS) is 13.1. The van der Waals surface area contributed by atoms with Gasteiger partial charge in [0.05, 0.1) is 12.5 Å². The number of hydrogen-bond acceptors (Lipinski definition) is 4. The Hall–Kier alpha value is -1.62. The summed E-state index contributed by atoms with van der Waals surface area (Å²) in [5.74, 6) is 0.273. The molecule has 1 aromatic rings. The second-order valence-corrected chi connectivity index (χ2v) is 7.27. The van der Waals surface area contributed by atoms with Crippen LogP contribution >= 0.6 is 0 Å². The van der Waals surface area contributed by atoms with E-state index in [4.69, 9.17) is 5.26 Å². The summed E-state index contributed by atoms with van der Waals surface area (Å²) in [4.78, 5) is 0. The van der Waals surface area contributed by atoms with Crippen LogP contribution < -0.4 is 4.72 Å². The molecule has 0 spiro atoms. The van der Waals surface area contributed by atoms with Crippen molar-refractivity contribution >= 4 is 10.2 Å². The Morgan fingerprint density at radius 3 is 2.41 bits per heavy atom. The van der Waals surface area contributed by atoms with Crippen molar-refractivity contribution in [2.75, 3.05) is 13.6 Å². The van der Waals surface area contributed by atoms with Crippen LogP contribution in [0, 0.1) is 25.2 Å². The predicted molar refractivity (Wildman–Crippen MR) is 85.7 cm³/mol. The number of nitriles is 1. The summed E-state index contributed by atoms with van der Waals surface area (Å²) >= 11 is 0. The second kappa shape index (κ2) is 7.58. The average Bonchev–Trinajstić information content (AvgIpc) is 2.43. The molecule has 1 rings (SSSR count). The summed E-state index contributed by atoms with van der Waals surface area (Å²) in [5.41, 5.74) is 2.51. The van der Waals surface area contributed by atoms with Crippen LogP contribution in [0.1, 0.15) is 30.0 Å². The minimum atomic E-state index is -3.60. The molecule has 0 radical (unpaired) electrons. The number of aryl methyl sites for hydroxylation is 2. The van der Waals surface area contributed by atoms with Gasteiger partial charge in [0.1, 0.15) is 5.75 Å². The molecule has 0 bridgehead atoms. The average molecular weight is 325 g/mol. The van der Waals surface area contributed by atoms with Crippen LogP contribution in [-0.2, 0) is 16.6 Å². The van der Waals surface area contributed by atoms with Crippen molar-refractivity contribution in [3.63, 3.8) is 0 Å². The molecule has 0 fully saturated rings. The number of rotatable bonds is 7. The van der Waals surface area contributed by atoms with Crippen LogP contribution in [0.25, 0.3) is 0 Å². The molecule has 0 aliphatic carbocycles. The highest BCUT2D eigenvalue weighted by atomic mass is 32.2. The Bertz CT molecular complexity index is 642. The van der Waals surface area contributed by atoms with Crippen molar-refractivity contribution in [2.45, 2.75) is 39.7 Å². The highest BCUT2D eigenvalue weighted by Crippen LogP contribution is 2.23. The van der Waals surface area contributed by atoms with Crippen molar-refractivity contribution in [1.29, 1.82) is 5.26 Å². The summed E-state index contributed by atoms with van der Waals surface area (Å²) < 4.78 is 27.9. The van der Waals surface area contributed by atoms with Gasteiger partial charge in [-0.3, -0.25) is 0 Å². The maximum absolute atomic E-state index is 12.1. The van der Waals surface area contributed by atoms with E-state index in [1.807, 2.05) is 32.0 Å². The molecule has 1 aromatic carbocycles. The molecule has 122 valence electrons. The maximum atomic E-state index is 12.1. The van der Waals surface area contributed by atoms with Crippen LogP contribution in [0.5, 0.6) is 5.75 Å². The number of hydrogen-bond donors (Lipinski definition) is 2. The summed E-state index contributed by atoms with van der Waals surface area (Å²) in [6.07, 6.45) is 0.676. The van der Waals surface area contributed by atoms with E-state index in [0.717, 1.165) is 16.7 Å². The first-order valence-electron chi connectivity index (χ1n) is 7.07. The Morgan fingerprint density at radius 1 is 1.36 bits per heavy atom. The number of nitrogens with one attached hydrogen (secondary N) is 1. The molecule has 22 heavy (non-hydrogen) atoms. The highest BCUT2D eigenvalue weighted by Gasteiger charge is 2.22. The molecule has 0 saturated carbocycles. The lowest BCUT2D eigenvalue weighted by Crippen LogP contribution is -2.43. The maximum Gasteiger partial charge on any atom is 0.279 e. The van der Waals surface area contributed by atoms with Gasteiger partial charge in [-0.1, -0.05) is 12.1 Å². The first-order chi connectivity index (χ1) is 10.2. The van der Waals surface area contributed by atoms with Crippen LogP contribution in [0.15, 0.2) is 12.1 Å². The predicted octanol–water partition coefficient (Wildman–Crippen LogP) is 1.62. The Kier molecular flexibility index (Phi) is 6.35. The van der Waals surface area contributed by atoms with Crippen LogP contribution in [0.4, 0.5) is 0 Å². The largest absolute Gasteiger partial charge is 0.507 e. The molecule has 6 nitrogen and oxygen atoms in total. The molecule has 0 aliphatic rings. The van der Waals surface area contributed by atoms with Crippen LogP contribution in [0.2, 0.25) is 0 Å². The number of benzene rings is 1. The van der Waals surface area contributed by atoms with Crippen LogP contribution in [0.3, 0.4) is 0 Å². The second-order valence-electron chi connectivity index (χ2n) is 5.46. The quantitative estimate of drug-likeness (QED) is 0.796. The lowest BCUT2D eigenvalue weighted by molar-refractivity contribution is 0.386. The summed E-state index contributed by atoms with van der Waals surface area (Å²) in [6, 6.07) is 5.28. The smallest absolute Gasteiger partial charge is 0.279 e. The third-order valence-corrected chi connectivity index (χ3v) is 5.32. The highest BCUT2D eigenvalue weighted by molar-refractivity contribution is 7.87. The van der Waals surface area contributed by atoms with Gasteiger partial charge in [-0.2, -0.15) is 18.0 Å². The molecule has 0 heterocycles. The van der Waals surface area contributed by atoms with Crippen molar-refractivity contribution in [3.8, 4) is 11.8 Å². The fourth-order valence-electron chi connectivity index (χ4n) is 2.11. The van der Waals surface area contributed by atoms with Gasteiger partial charge in [0.15, 0.2) is 0 Å². The lowest BCUT2D eigenvalue weighted by Gasteiger charge is -2.22. The van der Waals surface area contributed by atoms with Gasteiger partial charge < -0.3 is 5.11 Å². The molecular weight excluding hydrogens is 302 g/mol. The fourth-order valence-corrected chi connectivity index (χ4v) is 3.23. The van der Waals surface area contributed by atoms with Crippen molar-refractivity contribution in [1.82, 2.24) is 9.03 Å². The molecule has 0 aliphatic heterocycles. The minimum absolute atomic E-state index is 0.147. The summed E-state index contributed by atoms with van der Waals surface area (Å²) in [5, 5.41) is 18.4. The van der Waals surface area contributed by atoms with Crippen molar-refractivity contribution in [2.24, 2.45) is 0 Å². The van der Waals surface area contributed by atoms with Gasteiger partial charge in [-0.05, 0) is 43.9 Å². The molecular formula is C15H23N3O3S. The molecule has 0 unspecified atom stereocenters. The molecule has 0 amide bonds. The topological polar surface area (TPSA) is 93.4 Å². The van der Waals surface area contributed by atoms with Gasteiger partial charge in [0.25, 0.3) is 10.2 Å². The standard InChI is InChI=1S/C15H23N3O3S/c1-11-9-14(10-12(2)15(11)19)6-8-17-22(20,21)18(4)13(3)5-7-16/h9-10,13,17,19H,5-6,8H2,1-4H3/t13-/m1/s1. The first kappa shape index (κ1) is 18.4. The van der Waals surface area contributed by atoms with Crippen LogP contribution in [-0.4, -0.2) is 37.5 Å². The van der Waals surface area contributed by atoms with E-state index < -0.39 is 10.2 Å².